The van der Waals surface area contributed by atoms with E-state index in [-0.39, 0.29) is 24.4 Å². The first-order valence-corrected chi connectivity index (χ1v) is 11.0. The molecule has 1 aliphatic heterocycles. The van der Waals surface area contributed by atoms with E-state index in [1.54, 1.807) is 24.3 Å². The summed E-state index contributed by atoms with van der Waals surface area (Å²) in [5.41, 5.74) is 12.5. The molecule has 7 N–H and O–H groups in total. The van der Waals surface area contributed by atoms with Crippen molar-refractivity contribution in [3.8, 4) is 0 Å². The van der Waals surface area contributed by atoms with Gasteiger partial charge in [0, 0.05) is 36.6 Å². The van der Waals surface area contributed by atoms with Crippen molar-refractivity contribution in [3.63, 3.8) is 0 Å². The minimum atomic E-state index is -0.699. The molecule has 4 amide bonds. The fraction of sp³-hybridized carbons (Fsp3) is 0.500. The van der Waals surface area contributed by atoms with Crippen LogP contribution >= 0.6 is 0 Å². The molecule has 1 saturated heterocycles. The van der Waals surface area contributed by atoms with Crippen LogP contribution in [0.2, 0.25) is 0 Å². The van der Waals surface area contributed by atoms with Crippen molar-refractivity contribution in [2.45, 2.75) is 50.3 Å². The van der Waals surface area contributed by atoms with Crippen LogP contribution in [0.15, 0.2) is 30.5 Å². The van der Waals surface area contributed by atoms with Gasteiger partial charge in [-0.25, -0.2) is 9.59 Å². The van der Waals surface area contributed by atoms with Gasteiger partial charge in [0.05, 0.1) is 17.3 Å². The molecule has 2 heterocycles. The Bertz CT molecular complexity index is 1020. The topological polar surface area (TPSA) is 156 Å². The Hall–Kier alpha value is -3.11. The Morgan fingerprint density at radius 2 is 1.91 bits per heavy atom. The zero-order valence-electron chi connectivity index (χ0n) is 17.9. The fourth-order valence-electron chi connectivity index (χ4n) is 4.77. The Morgan fingerprint density at radius 1 is 1.16 bits per heavy atom. The second-order valence-corrected chi connectivity index (χ2v) is 8.72. The number of fused-ring (bicyclic) bond motifs is 1. The van der Waals surface area contributed by atoms with Gasteiger partial charge >= 0.3 is 12.1 Å². The lowest BCUT2D eigenvalue weighted by Crippen LogP contribution is -2.49. The second kappa shape index (κ2) is 9.17. The second-order valence-electron chi connectivity index (χ2n) is 8.72. The average Bonchev–Trinajstić information content (AvgIpc) is 3.34. The number of carbonyl (C=O) groups is 3. The Kier molecular flexibility index (Phi) is 6.33. The number of nitrogens with zero attached hydrogens (tertiary/aromatic N) is 2. The third-order valence-electron chi connectivity index (χ3n) is 6.50. The number of likely N-dealkylation sites (tertiary alicyclic amines) is 1. The number of primary amides is 1. The molecule has 10 heteroatoms. The monoisotopic (exact) mass is 442 g/mol. The molecule has 0 unspecified atom stereocenters. The Labute approximate surface area is 185 Å². The van der Waals surface area contributed by atoms with Crippen LogP contribution < -0.4 is 22.1 Å². The highest BCUT2D eigenvalue weighted by molar-refractivity contribution is 6.05. The number of rotatable bonds is 4. The summed E-state index contributed by atoms with van der Waals surface area (Å²) in [6, 6.07) is 4.94. The van der Waals surface area contributed by atoms with E-state index < -0.39 is 24.2 Å². The Morgan fingerprint density at radius 3 is 2.66 bits per heavy atom. The summed E-state index contributed by atoms with van der Waals surface area (Å²) in [5.74, 6) is -0.240. The van der Waals surface area contributed by atoms with Crippen molar-refractivity contribution < 1.29 is 19.5 Å². The SMILES string of the molecule is NC(=O)n1cc(NC(=O)N2C[C@@H](N)C[C@H]2C(=O)NC[C@@H]2CCCC[C@@H]2O)c2ccccc21. The number of aromatic nitrogens is 1. The van der Waals surface area contributed by atoms with Crippen molar-refractivity contribution in [3.05, 3.63) is 30.5 Å². The molecule has 0 bridgehead atoms. The first kappa shape index (κ1) is 22.1. The number of carbonyl (C=O) groups excluding carboxylic acids is 3. The number of amides is 4. The van der Waals surface area contributed by atoms with E-state index in [2.05, 4.69) is 10.6 Å². The molecule has 32 heavy (non-hydrogen) atoms. The van der Waals surface area contributed by atoms with Crippen molar-refractivity contribution in [1.29, 1.82) is 0 Å². The summed E-state index contributed by atoms with van der Waals surface area (Å²) >= 11 is 0. The molecule has 4 rings (SSSR count). The number of aliphatic hydroxyl groups is 1. The van der Waals surface area contributed by atoms with Crippen LogP contribution in [-0.4, -0.2) is 63.8 Å². The van der Waals surface area contributed by atoms with Crippen LogP contribution in [0.4, 0.5) is 15.3 Å². The predicted octanol–water partition coefficient (Wildman–Crippen LogP) is 1.17. The maximum Gasteiger partial charge on any atom is 0.323 e. The summed E-state index contributed by atoms with van der Waals surface area (Å²) in [4.78, 5) is 39.1. The zero-order valence-corrected chi connectivity index (χ0v) is 17.9. The zero-order chi connectivity index (χ0) is 22.8. The van der Waals surface area contributed by atoms with Crippen LogP contribution in [0.3, 0.4) is 0 Å². The molecule has 1 aromatic heterocycles. The molecule has 0 spiro atoms. The van der Waals surface area contributed by atoms with Gasteiger partial charge in [-0.3, -0.25) is 9.36 Å². The number of benzene rings is 1. The normalized spacial score (nSPS) is 25.6. The standard InChI is InChI=1S/C22H30N6O4/c23-14-9-18(20(30)25-10-13-5-1-4-8-19(13)29)28(11-14)22(32)26-16-12-27(21(24)31)17-7-3-2-6-15(16)17/h2-3,6-7,12-14,18-19,29H,1,4-5,8-11,23H2,(H2,24,31)(H,25,30)(H,26,32)/t13-,14-,18-,19-/m0/s1. The van der Waals surface area contributed by atoms with Gasteiger partial charge in [-0.2, -0.15) is 0 Å². The molecule has 10 nitrogen and oxygen atoms in total. The molecular weight excluding hydrogens is 412 g/mol. The molecule has 1 aliphatic carbocycles. The largest absolute Gasteiger partial charge is 0.393 e. The van der Waals surface area contributed by atoms with Crippen molar-refractivity contribution in [2.24, 2.45) is 17.4 Å². The van der Waals surface area contributed by atoms with E-state index in [0.717, 1.165) is 25.7 Å². The lowest BCUT2D eigenvalue weighted by Gasteiger charge is -2.29. The number of para-hydroxylation sites is 1. The van der Waals surface area contributed by atoms with E-state index in [0.29, 0.717) is 29.6 Å². The van der Waals surface area contributed by atoms with E-state index in [9.17, 15) is 19.5 Å². The summed E-state index contributed by atoms with van der Waals surface area (Å²) in [7, 11) is 0. The molecule has 172 valence electrons. The highest BCUT2D eigenvalue weighted by Gasteiger charge is 2.39. The minimum Gasteiger partial charge on any atom is -0.393 e. The van der Waals surface area contributed by atoms with Crippen LogP contribution in [0, 0.1) is 5.92 Å². The quantitative estimate of drug-likeness (QED) is 0.480. The number of aliphatic hydroxyl groups excluding tert-OH is 1. The van der Waals surface area contributed by atoms with Gasteiger partial charge in [0.2, 0.25) is 5.91 Å². The minimum absolute atomic E-state index is 0.0324. The number of nitrogens with two attached hydrogens (primary N) is 2. The van der Waals surface area contributed by atoms with Crippen LogP contribution in [0.5, 0.6) is 0 Å². The van der Waals surface area contributed by atoms with Gasteiger partial charge < -0.3 is 32.1 Å². The van der Waals surface area contributed by atoms with E-state index >= 15 is 0 Å². The summed E-state index contributed by atoms with van der Waals surface area (Å²) in [5, 5.41) is 16.5. The lowest BCUT2D eigenvalue weighted by molar-refractivity contribution is -0.125. The maximum atomic E-state index is 13.1. The van der Waals surface area contributed by atoms with Gasteiger partial charge in [-0.15, -0.1) is 0 Å². The van der Waals surface area contributed by atoms with Crippen molar-refractivity contribution in [1.82, 2.24) is 14.8 Å². The highest BCUT2D eigenvalue weighted by Crippen LogP contribution is 2.27. The first-order chi connectivity index (χ1) is 15.3. The maximum absolute atomic E-state index is 13.1. The average molecular weight is 443 g/mol. The number of nitrogens with one attached hydrogen (secondary N) is 2. The van der Waals surface area contributed by atoms with Gasteiger partial charge in [0.1, 0.15) is 6.04 Å². The first-order valence-electron chi connectivity index (χ1n) is 11.0. The van der Waals surface area contributed by atoms with Gasteiger partial charge in [0.25, 0.3) is 0 Å². The van der Waals surface area contributed by atoms with E-state index in [1.807, 2.05) is 0 Å². The molecule has 4 atom stereocenters. The third-order valence-corrected chi connectivity index (χ3v) is 6.50. The molecule has 0 radical (unpaired) electrons. The highest BCUT2D eigenvalue weighted by atomic mass is 16.3. The number of anilines is 1. The molecule has 2 aromatic rings. The number of urea groups is 1. The summed E-state index contributed by atoms with van der Waals surface area (Å²) in [6.07, 6.45) is 5.09. The summed E-state index contributed by atoms with van der Waals surface area (Å²) < 4.78 is 1.26. The van der Waals surface area contributed by atoms with Crippen molar-refractivity contribution in [2.75, 3.05) is 18.4 Å². The molecule has 2 fully saturated rings. The molecule has 1 saturated carbocycles. The molecular formula is C22H30N6O4. The number of hydrogen-bond acceptors (Lipinski definition) is 5. The van der Waals surface area contributed by atoms with Gasteiger partial charge in [0.15, 0.2) is 0 Å². The smallest absolute Gasteiger partial charge is 0.323 e. The van der Waals surface area contributed by atoms with Crippen molar-refractivity contribution >= 4 is 34.6 Å². The van der Waals surface area contributed by atoms with E-state index in [4.69, 9.17) is 11.5 Å². The lowest BCUT2D eigenvalue weighted by atomic mass is 9.86. The molecule has 2 aliphatic rings. The van der Waals surface area contributed by atoms with Crippen LogP contribution in [0.1, 0.15) is 32.1 Å². The molecule has 1 aromatic carbocycles. The predicted molar refractivity (Wildman–Crippen MR) is 120 cm³/mol. The number of hydrogen-bond donors (Lipinski definition) is 5. The summed E-state index contributed by atoms with van der Waals surface area (Å²) in [6.45, 7) is 0.623. The Balaban J connectivity index is 1.46. The van der Waals surface area contributed by atoms with Gasteiger partial charge in [-0.05, 0) is 25.3 Å². The fourth-order valence-corrected chi connectivity index (χ4v) is 4.77. The third kappa shape index (κ3) is 4.42. The van der Waals surface area contributed by atoms with E-state index in [1.165, 1.54) is 15.7 Å². The van der Waals surface area contributed by atoms with Gasteiger partial charge in [-0.1, -0.05) is 31.0 Å². The van der Waals surface area contributed by atoms with Crippen LogP contribution in [-0.2, 0) is 4.79 Å². The van der Waals surface area contributed by atoms with Crippen LogP contribution in [0.25, 0.3) is 10.9 Å².